The quantitative estimate of drug-likeness (QED) is 0.857. The van der Waals surface area contributed by atoms with Gasteiger partial charge in [0.25, 0.3) is 0 Å². The van der Waals surface area contributed by atoms with Crippen molar-refractivity contribution in [1.29, 1.82) is 0 Å². The number of carbonyl (C=O) groups is 1. The van der Waals surface area contributed by atoms with E-state index in [0.29, 0.717) is 12.3 Å². The van der Waals surface area contributed by atoms with Crippen LogP contribution in [0.25, 0.3) is 0 Å². The molecule has 21 heavy (non-hydrogen) atoms. The van der Waals surface area contributed by atoms with Crippen molar-refractivity contribution in [2.75, 3.05) is 11.9 Å². The number of aromatic nitrogens is 2. The van der Waals surface area contributed by atoms with Crippen LogP contribution < -0.4 is 5.32 Å². The van der Waals surface area contributed by atoms with Crippen molar-refractivity contribution in [1.82, 2.24) is 9.97 Å². The van der Waals surface area contributed by atoms with Gasteiger partial charge in [0.05, 0.1) is 24.2 Å². The number of hydrogen-bond acceptors (Lipinski definition) is 6. The molecule has 2 aromatic rings. The fourth-order valence-corrected chi connectivity index (χ4v) is 2.63. The maximum atomic E-state index is 12.0. The second-order valence-electron chi connectivity index (χ2n) is 5.20. The Balaban J connectivity index is 2.18. The SMILES string of the molecule is CCOC(=O)C(C)(C)c1csc(Nc2cnccc2C)n1. The van der Waals surface area contributed by atoms with Crippen molar-refractivity contribution in [3.8, 4) is 0 Å². The molecule has 0 fully saturated rings. The first-order valence-corrected chi connectivity index (χ1v) is 7.64. The summed E-state index contributed by atoms with van der Waals surface area (Å²) in [5.41, 5.74) is 1.95. The zero-order valence-corrected chi connectivity index (χ0v) is 13.5. The fraction of sp³-hybridized carbons (Fsp3) is 0.400. The first-order valence-electron chi connectivity index (χ1n) is 6.76. The Hall–Kier alpha value is -1.95. The van der Waals surface area contributed by atoms with Crippen molar-refractivity contribution in [2.45, 2.75) is 33.1 Å². The van der Waals surface area contributed by atoms with Crippen LogP contribution in [0.3, 0.4) is 0 Å². The Morgan fingerprint density at radius 1 is 1.48 bits per heavy atom. The average Bonchev–Trinajstić information content (AvgIpc) is 2.91. The van der Waals surface area contributed by atoms with E-state index in [1.807, 2.05) is 32.2 Å². The molecule has 0 aliphatic rings. The lowest BCUT2D eigenvalue weighted by Gasteiger charge is -2.19. The Morgan fingerprint density at radius 2 is 2.24 bits per heavy atom. The molecular weight excluding hydrogens is 286 g/mol. The van der Waals surface area contributed by atoms with Gasteiger partial charge < -0.3 is 10.1 Å². The number of hydrogen-bond donors (Lipinski definition) is 1. The van der Waals surface area contributed by atoms with E-state index in [1.54, 1.807) is 19.3 Å². The molecule has 2 heterocycles. The summed E-state index contributed by atoms with van der Waals surface area (Å²) in [7, 11) is 0. The molecule has 0 radical (unpaired) electrons. The summed E-state index contributed by atoms with van der Waals surface area (Å²) in [4.78, 5) is 20.6. The van der Waals surface area contributed by atoms with E-state index in [0.717, 1.165) is 16.4 Å². The van der Waals surface area contributed by atoms with Gasteiger partial charge in [-0.25, -0.2) is 4.98 Å². The topological polar surface area (TPSA) is 64.1 Å². The lowest BCUT2D eigenvalue weighted by molar-refractivity contribution is -0.148. The number of thiazole rings is 1. The van der Waals surface area contributed by atoms with E-state index in [1.165, 1.54) is 11.3 Å². The molecule has 0 aromatic carbocycles. The fourth-order valence-electron chi connectivity index (χ4n) is 1.74. The predicted molar refractivity (Wildman–Crippen MR) is 84.0 cm³/mol. The van der Waals surface area contributed by atoms with Gasteiger partial charge in [0.15, 0.2) is 5.13 Å². The van der Waals surface area contributed by atoms with Crippen molar-refractivity contribution >= 4 is 28.1 Å². The minimum atomic E-state index is -0.754. The first-order chi connectivity index (χ1) is 9.95. The third-order valence-electron chi connectivity index (χ3n) is 3.21. The van der Waals surface area contributed by atoms with Gasteiger partial charge in [-0.15, -0.1) is 11.3 Å². The van der Waals surface area contributed by atoms with Crippen LogP contribution in [0.1, 0.15) is 32.0 Å². The number of nitrogens with one attached hydrogen (secondary N) is 1. The molecule has 0 saturated carbocycles. The van der Waals surface area contributed by atoms with E-state index in [4.69, 9.17) is 4.74 Å². The van der Waals surface area contributed by atoms with Gasteiger partial charge in [-0.3, -0.25) is 9.78 Å². The van der Waals surface area contributed by atoms with Crippen LogP contribution in [0, 0.1) is 6.92 Å². The van der Waals surface area contributed by atoms with Gasteiger partial charge in [0.2, 0.25) is 0 Å². The highest BCUT2D eigenvalue weighted by molar-refractivity contribution is 7.13. The van der Waals surface area contributed by atoms with Crippen LogP contribution in [0.2, 0.25) is 0 Å². The van der Waals surface area contributed by atoms with Crippen LogP contribution in [0.5, 0.6) is 0 Å². The standard InChI is InChI=1S/C15H19N3O2S/c1-5-20-13(19)15(3,4)12-9-21-14(18-12)17-11-8-16-7-6-10(11)2/h6-9H,5H2,1-4H3,(H,17,18). The Kier molecular flexibility index (Phi) is 4.57. The summed E-state index contributed by atoms with van der Waals surface area (Å²) in [6.45, 7) is 7.80. The summed E-state index contributed by atoms with van der Waals surface area (Å²) >= 11 is 1.46. The molecule has 2 rings (SSSR count). The normalized spacial score (nSPS) is 11.2. The number of carbonyl (C=O) groups excluding carboxylic acids is 1. The van der Waals surface area contributed by atoms with Crippen LogP contribution >= 0.6 is 11.3 Å². The van der Waals surface area contributed by atoms with Gasteiger partial charge >= 0.3 is 5.97 Å². The second-order valence-corrected chi connectivity index (χ2v) is 6.06. The Morgan fingerprint density at radius 3 is 2.90 bits per heavy atom. The van der Waals surface area contributed by atoms with Gasteiger partial charge in [-0.2, -0.15) is 0 Å². The van der Waals surface area contributed by atoms with E-state index in [9.17, 15) is 4.79 Å². The Labute approximate surface area is 128 Å². The van der Waals surface area contributed by atoms with Gasteiger partial charge in [0.1, 0.15) is 5.41 Å². The predicted octanol–water partition coefficient (Wildman–Crippen LogP) is 3.43. The molecule has 0 aliphatic heterocycles. The minimum absolute atomic E-state index is 0.264. The Bertz CT molecular complexity index is 637. The molecular formula is C15H19N3O2S. The lowest BCUT2D eigenvalue weighted by Crippen LogP contribution is -2.31. The molecule has 0 spiro atoms. The van der Waals surface area contributed by atoms with Crippen molar-refractivity contribution < 1.29 is 9.53 Å². The highest BCUT2D eigenvalue weighted by atomic mass is 32.1. The van der Waals surface area contributed by atoms with Crippen LogP contribution in [0.15, 0.2) is 23.8 Å². The summed E-state index contributed by atoms with van der Waals surface area (Å²) in [6, 6.07) is 1.93. The summed E-state index contributed by atoms with van der Waals surface area (Å²) in [5.74, 6) is -0.264. The number of rotatable bonds is 5. The van der Waals surface area contributed by atoms with E-state index >= 15 is 0 Å². The number of ether oxygens (including phenoxy) is 1. The molecule has 0 unspecified atom stereocenters. The molecule has 2 aromatic heterocycles. The van der Waals surface area contributed by atoms with Crippen LogP contribution in [0.4, 0.5) is 10.8 Å². The zero-order chi connectivity index (χ0) is 15.5. The van der Waals surface area contributed by atoms with Gasteiger partial charge in [0, 0.05) is 11.6 Å². The van der Waals surface area contributed by atoms with Crippen molar-refractivity contribution in [3.05, 3.63) is 35.1 Å². The minimum Gasteiger partial charge on any atom is -0.465 e. The molecule has 1 N–H and O–H groups in total. The third-order valence-corrected chi connectivity index (χ3v) is 3.97. The lowest BCUT2D eigenvalue weighted by atomic mass is 9.90. The van der Waals surface area contributed by atoms with Crippen LogP contribution in [-0.2, 0) is 14.9 Å². The second kappa shape index (κ2) is 6.22. The van der Waals surface area contributed by atoms with E-state index in [2.05, 4.69) is 15.3 Å². The molecule has 5 nitrogen and oxygen atoms in total. The zero-order valence-electron chi connectivity index (χ0n) is 12.6. The molecule has 112 valence electrons. The third kappa shape index (κ3) is 3.39. The van der Waals surface area contributed by atoms with Crippen LogP contribution in [-0.4, -0.2) is 22.5 Å². The number of nitrogens with zero attached hydrogens (tertiary/aromatic N) is 2. The highest BCUT2D eigenvalue weighted by Crippen LogP contribution is 2.30. The first kappa shape index (κ1) is 15.4. The van der Waals surface area contributed by atoms with Gasteiger partial charge in [-0.1, -0.05) is 0 Å². The number of pyridine rings is 1. The summed E-state index contributed by atoms with van der Waals surface area (Å²) in [5, 5.41) is 5.84. The number of anilines is 2. The molecule has 0 atom stereocenters. The molecule has 6 heteroatoms. The van der Waals surface area contributed by atoms with E-state index < -0.39 is 5.41 Å². The van der Waals surface area contributed by atoms with Gasteiger partial charge in [-0.05, 0) is 39.3 Å². The average molecular weight is 305 g/mol. The molecule has 0 saturated heterocycles. The van der Waals surface area contributed by atoms with Crippen molar-refractivity contribution in [2.24, 2.45) is 0 Å². The summed E-state index contributed by atoms with van der Waals surface area (Å²) < 4.78 is 5.10. The largest absolute Gasteiger partial charge is 0.465 e. The van der Waals surface area contributed by atoms with Crippen molar-refractivity contribution in [3.63, 3.8) is 0 Å². The number of aryl methyl sites for hydroxylation is 1. The smallest absolute Gasteiger partial charge is 0.317 e. The number of esters is 1. The summed E-state index contributed by atoms with van der Waals surface area (Å²) in [6.07, 6.45) is 3.50. The maximum Gasteiger partial charge on any atom is 0.317 e. The maximum absolute atomic E-state index is 12.0. The van der Waals surface area contributed by atoms with E-state index in [-0.39, 0.29) is 5.97 Å². The highest BCUT2D eigenvalue weighted by Gasteiger charge is 2.33. The molecule has 0 bridgehead atoms. The molecule has 0 aliphatic carbocycles. The molecule has 0 amide bonds. The monoisotopic (exact) mass is 305 g/mol.